The van der Waals surface area contributed by atoms with E-state index in [1.165, 1.54) is 17.7 Å². The molecule has 0 radical (unpaired) electrons. The fourth-order valence-corrected chi connectivity index (χ4v) is 2.36. The molecule has 0 bridgehead atoms. The van der Waals surface area contributed by atoms with Crippen LogP contribution in [-0.4, -0.2) is 21.7 Å². The number of nitrogens with zero attached hydrogens (tertiary/aromatic N) is 3. The summed E-state index contributed by atoms with van der Waals surface area (Å²) in [6.07, 6.45) is 2.42. The van der Waals surface area contributed by atoms with Crippen LogP contribution < -0.4 is 10.6 Å². The van der Waals surface area contributed by atoms with E-state index in [-0.39, 0.29) is 5.82 Å². The lowest BCUT2D eigenvalue weighted by molar-refractivity contribution is 0.627. The van der Waals surface area contributed by atoms with Crippen LogP contribution in [0.3, 0.4) is 0 Å². The van der Waals surface area contributed by atoms with E-state index < -0.39 is 0 Å². The molecule has 0 saturated carbocycles. The Morgan fingerprint density at radius 1 is 0.920 bits per heavy atom. The number of aromatic nitrogens is 3. The summed E-state index contributed by atoms with van der Waals surface area (Å²) in [4.78, 5) is 4.36. The maximum atomic E-state index is 12.9. The van der Waals surface area contributed by atoms with Gasteiger partial charge >= 0.3 is 0 Å². The molecule has 3 rings (SSSR count). The van der Waals surface area contributed by atoms with E-state index in [0.29, 0.717) is 18.3 Å². The zero-order valence-corrected chi connectivity index (χ0v) is 14.2. The van der Waals surface area contributed by atoms with Crippen molar-refractivity contribution < 1.29 is 4.39 Å². The van der Waals surface area contributed by atoms with E-state index >= 15 is 0 Å². The Balaban J connectivity index is 1.50. The van der Waals surface area contributed by atoms with Crippen molar-refractivity contribution in [3.05, 3.63) is 76.7 Å². The van der Waals surface area contributed by atoms with Crippen molar-refractivity contribution in [2.75, 3.05) is 17.2 Å². The van der Waals surface area contributed by atoms with Gasteiger partial charge in [0.1, 0.15) is 5.82 Å². The Kier molecular flexibility index (Phi) is 5.74. The van der Waals surface area contributed by atoms with Gasteiger partial charge in [0.2, 0.25) is 5.95 Å². The largest absolute Gasteiger partial charge is 0.368 e. The first-order chi connectivity index (χ1) is 12.2. The molecule has 128 valence electrons. The molecular formula is C18H17ClFN5. The van der Waals surface area contributed by atoms with Gasteiger partial charge < -0.3 is 10.6 Å². The second kappa shape index (κ2) is 8.39. The van der Waals surface area contributed by atoms with Crippen molar-refractivity contribution in [3.8, 4) is 0 Å². The lowest BCUT2D eigenvalue weighted by Gasteiger charge is -2.08. The molecule has 0 fully saturated rings. The highest BCUT2D eigenvalue weighted by atomic mass is 35.5. The van der Waals surface area contributed by atoms with E-state index in [1.807, 2.05) is 24.3 Å². The monoisotopic (exact) mass is 357 g/mol. The van der Waals surface area contributed by atoms with Crippen LogP contribution in [0.4, 0.5) is 16.2 Å². The Morgan fingerprint density at radius 3 is 2.40 bits per heavy atom. The lowest BCUT2D eigenvalue weighted by atomic mass is 10.1. The summed E-state index contributed by atoms with van der Waals surface area (Å²) in [5, 5.41) is 14.9. The van der Waals surface area contributed by atoms with Crippen LogP contribution in [0.5, 0.6) is 0 Å². The summed E-state index contributed by atoms with van der Waals surface area (Å²) in [5.41, 5.74) is 2.12. The molecule has 2 N–H and O–H groups in total. The summed E-state index contributed by atoms with van der Waals surface area (Å²) < 4.78 is 12.9. The van der Waals surface area contributed by atoms with Crippen LogP contribution >= 0.6 is 11.6 Å². The number of rotatable bonds is 7. The Morgan fingerprint density at radius 2 is 1.64 bits per heavy atom. The average Bonchev–Trinajstić information content (AvgIpc) is 2.63. The highest BCUT2D eigenvalue weighted by Crippen LogP contribution is 2.11. The van der Waals surface area contributed by atoms with Crippen molar-refractivity contribution in [1.29, 1.82) is 0 Å². The molecule has 0 spiro atoms. The number of halogens is 2. The normalized spacial score (nSPS) is 10.5. The first-order valence-electron chi connectivity index (χ1n) is 7.85. The van der Waals surface area contributed by atoms with Gasteiger partial charge in [0.15, 0.2) is 5.82 Å². The molecule has 25 heavy (non-hydrogen) atoms. The van der Waals surface area contributed by atoms with Crippen LogP contribution in [-0.2, 0) is 13.0 Å². The second-order valence-electron chi connectivity index (χ2n) is 5.45. The van der Waals surface area contributed by atoms with Gasteiger partial charge in [-0.15, -0.1) is 5.10 Å². The third-order valence-electron chi connectivity index (χ3n) is 3.56. The second-order valence-corrected chi connectivity index (χ2v) is 5.88. The minimum absolute atomic E-state index is 0.256. The van der Waals surface area contributed by atoms with E-state index in [4.69, 9.17) is 11.6 Å². The van der Waals surface area contributed by atoms with Gasteiger partial charge in [0, 0.05) is 18.1 Å². The third-order valence-corrected chi connectivity index (χ3v) is 3.81. The maximum absolute atomic E-state index is 12.9. The van der Waals surface area contributed by atoms with Gasteiger partial charge in [0.05, 0.1) is 6.20 Å². The van der Waals surface area contributed by atoms with Crippen molar-refractivity contribution in [2.45, 2.75) is 13.0 Å². The van der Waals surface area contributed by atoms with E-state index in [0.717, 1.165) is 23.6 Å². The van der Waals surface area contributed by atoms with Crippen LogP contribution in [0.15, 0.2) is 54.7 Å². The van der Waals surface area contributed by atoms with Crippen molar-refractivity contribution in [3.63, 3.8) is 0 Å². The fraction of sp³-hybridized carbons (Fsp3) is 0.167. The number of anilines is 2. The Bertz CT molecular complexity index is 808. The van der Waals surface area contributed by atoms with Crippen molar-refractivity contribution in [1.82, 2.24) is 15.2 Å². The first kappa shape index (κ1) is 17.1. The van der Waals surface area contributed by atoms with E-state index in [9.17, 15) is 4.39 Å². The molecule has 2 aromatic carbocycles. The van der Waals surface area contributed by atoms with Crippen LogP contribution in [0.25, 0.3) is 0 Å². The quantitative estimate of drug-likeness (QED) is 0.670. The van der Waals surface area contributed by atoms with Crippen molar-refractivity contribution >= 4 is 23.4 Å². The molecule has 0 saturated heterocycles. The fourth-order valence-electron chi connectivity index (χ4n) is 2.23. The summed E-state index contributed by atoms with van der Waals surface area (Å²) in [5.74, 6) is 0.805. The minimum Gasteiger partial charge on any atom is -0.368 e. The first-order valence-corrected chi connectivity index (χ1v) is 8.23. The molecule has 1 aromatic heterocycles. The molecule has 1 heterocycles. The summed E-state index contributed by atoms with van der Waals surface area (Å²) in [6, 6.07) is 14.0. The zero-order chi connectivity index (χ0) is 17.5. The molecule has 0 amide bonds. The van der Waals surface area contributed by atoms with Gasteiger partial charge in [0.25, 0.3) is 0 Å². The van der Waals surface area contributed by atoms with Gasteiger partial charge in [-0.05, 0) is 41.8 Å². The Labute approximate surface area is 150 Å². The summed E-state index contributed by atoms with van der Waals surface area (Å²) in [6.45, 7) is 1.22. The summed E-state index contributed by atoms with van der Waals surface area (Å²) >= 11 is 5.87. The molecule has 0 aliphatic carbocycles. The summed E-state index contributed by atoms with van der Waals surface area (Å²) in [7, 11) is 0. The van der Waals surface area contributed by atoms with Crippen LogP contribution in [0.1, 0.15) is 11.1 Å². The Hall–Kier alpha value is -2.73. The van der Waals surface area contributed by atoms with Crippen LogP contribution in [0, 0.1) is 5.82 Å². The lowest BCUT2D eigenvalue weighted by Crippen LogP contribution is -2.10. The minimum atomic E-state index is -0.256. The van der Waals surface area contributed by atoms with Crippen LogP contribution in [0.2, 0.25) is 5.02 Å². The average molecular weight is 358 g/mol. The molecule has 0 aliphatic rings. The molecule has 5 nitrogen and oxygen atoms in total. The molecule has 7 heteroatoms. The number of nitrogens with one attached hydrogen (secondary N) is 2. The number of hydrogen-bond acceptors (Lipinski definition) is 5. The highest BCUT2D eigenvalue weighted by molar-refractivity contribution is 6.30. The highest BCUT2D eigenvalue weighted by Gasteiger charge is 2.01. The standard InChI is InChI=1S/C18H17ClFN5/c19-15-5-1-13(2-6-15)9-10-21-17-12-23-25-18(24-17)22-11-14-3-7-16(20)8-4-14/h1-8,12H,9-11H2,(H2,21,22,24,25). The molecule has 0 unspecified atom stereocenters. The molecule has 3 aromatic rings. The molecule has 0 aliphatic heterocycles. The topological polar surface area (TPSA) is 62.7 Å². The van der Waals surface area contributed by atoms with E-state index in [2.05, 4.69) is 25.8 Å². The van der Waals surface area contributed by atoms with Gasteiger partial charge in [-0.25, -0.2) is 4.39 Å². The molecule has 0 atom stereocenters. The van der Waals surface area contributed by atoms with Crippen molar-refractivity contribution in [2.24, 2.45) is 0 Å². The predicted octanol–water partition coefficient (Wildman–Crippen LogP) is 3.93. The van der Waals surface area contributed by atoms with Gasteiger partial charge in [-0.1, -0.05) is 35.9 Å². The smallest absolute Gasteiger partial charge is 0.244 e. The van der Waals surface area contributed by atoms with Gasteiger partial charge in [-0.3, -0.25) is 0 Å². The van der Waals surface area contributed by atoms with Gasteiger partial charge in [-0.2, -0.15) is 10.1 Å². The molecular weight excluding hydrogens is 341 g/mol. The third kappa shape index (κ3) is 5.39. The SMILES string of the molecule is Fc1ccc(CNc2nncc(NCCc3ccc(Cl)cc3)n2)cc1. The maximum Gasteiger partial charge on any atom is 0.244 e. The number of hydrogen-bond donors (Lipinski definition) is 2. The predicted molar refractivity (Wildman–Crippen MR) is 97.2 cm³/mol. The van der Waals surface area contributed by atoms with E-state index in [1.54, 1.807) is 18.3 Å². The number of benzene rings is 2. The zero-order valence-electron chi connectivity index (χ0n) is 13.4.